The van der Waals surface area contributed by atoms with E-state index in [1.54, 1.807) is 13.3 Å². The van der Waals surface area contributed by atoms with Gasteiger partial charge in [0.2, 0.25) is 0 Å². The maximum atomic E-state index is 13.7. The number of halogens is 3. The van der Waals surface area contributed by atoms with Gasteiger partial charge in [-0.15, -0.1) is 0 Å². The number of alkyl halides is 3. The molecule has 0 aliphatic rings. The van der Waals surface area contributed by atoms with Crippen LogP contribution in [0.4, 0.5) is 13.2 Å². The summed E-state index contributed by atoms with van der Waals surface area (Å²) in [5.41, 5.74) is 4.19. The summed E-state index contributed by atoms with van der Waals surface area (Å²) in [7, 11) is 0. The fraction of sp³-hybridized carbons (Fsp3) is 0.259. The number of hydrogen-bond acceptors (Lipinski definition) is 2. The van der Waals surface area contributed by atoms with Gasteiger partial charge in [-0.2, -0.15) is 13.2 Å². The minimum Gasteiger partial charge on any atom is -0.307 e. The van der Waals surface area contributed by atoms with Crippen molar-refractivity contribution < 1.29 is 13.2 Å². The van der Waals surface area contributed by atoms with Gasteiger partial charge in [0.25, 0.3) is 5.56 Å². The average Bonchev–Trinajstić information content (AvgIpc) is 3.20. The summed E-state index contributed by atoms with van der Waals surface area (Å²) in [6, 6.07) is 13.5. The Bertz CT molecular complexity index is 1380. The molecule has 0 unspecified atom stereocenters. The Morgan fingerprint density at radius 3 is 2.26 bits per heavy atom. The van der Waals surface area contributed by atoms with Crippen LogP contribution < -0.4 is 5.56 Å². The first kappa shape index (κ1) is 23.5. The van der Waals surface area contributed by atoms with Crippen molar-refractivity contribution in [1.82, 2.24) is 14.1 Å². The van der Waals surface area contributed by atoms with Gasteiger partial charge in [0, 0.05) is 30.1 Å². The lowest BCUT2D eigenvalue weighted by molar-refractivity contribution is -0.138. The molecular weight excluding hydrogens is 439 g/mol. The molecule has 0 saturated heterocycles. The highest BCUT2D eigenvalue weighted by Gasteiger charge is 2.32. The molecule has 1 atom stereocenters. The molecule has 0 amide bonds. The van der Waals surface area contributed by atoms with Gasteiger partial charge < -0.3 is 9.13 Å². The number of benzene rings is 2. The largest absolute Gasteiger partial charge is 0.417 e. The van der Waals surface area contributed by atoms with E-state index in [0.29, 0.717) is 0 Å². The molecule has 2 aromatic carbocycles. The zero-order valence-electron chi connectivity index (χ0n) is 19.5. The van der Waals surface area contributed by atoms with Gasteiger partial charge >= 0.3 is 6.18 Å². The van der Waals surface area contributed by atoms with E-state index in [2.05, 4.69) is 4.98 Å². The maximum absolute atomic E-state index is 13.7. The quantitative estimate of drug-likeness (QED) is 0.353. The second-order valence-electron chi connectivity index (χ2n) is 8.77. The zero-order valence-corrected chi connectivity index (χ0v) is 19.5. The average molecular weight is 466 g/mol. The van der Waals surface area contributed by atoms with Gasteiger partial charge in [0.15, 0.2) is 0 Å². The molecule has 2 aromatic heterocycles. The lowest BCUT2D eigenvalue weighted by Gasteiger charge is -2.20. The SMILES string of the molecule is Cc1ccc([C@H](C)n2cc(C(F)(F)F)cc(Cc3ccc(-n4cnc(C)c4)c(C)c3)c2=O)cc1. The molecule has 0 N–H and O–H groups in total. The monoisotopic (exact) mass is 465 g/mol. The van der Waals surface area contributed by atoms with E-state index in [1.807, 2.05) is 74.0 Å². The van der Waals surface area contributed by atoms with Crippen molar-refractivity contribution in [3.05, 3.63) is 117 Å². The van der Waals surface area contributed by atoms with Crippen LogP contribution in [0.2, 0.25) is 0 Å². The van der Waals surface area contributed by atoms with Gasteiger partial charge in [-0.3, -0.25) is 4.79 Å². The third-order valence-electron chi connectivity index (χ3n) is 6.07. The molecule has 0 fully saturated rings. The van der Waals surface area contributed by atoms with E-state index in [9.17, 15) is 18.0 Å². The van der Waals surface area contributed by atoms with Crippen molar-refractivity contribution in [3.8, 4) is 5.69 Å². The van der Waals surface area contributed by atoms with Crippen molar-refractivity contribution in [2.24, 2.45) is 0 Å². The van der Waals surface area contributed by atoms with Crippen LogP contribution in [0.25, 0.3) is 5.69 Å². The van der Waals surface area contributed by atoms with Gasteiger partial charge in [-0.05, 0) is 56.5 Å². The molecule has 7 heteroatoms. The summed E-state index contributed by atoms with van der Waals surface area (Å²) in [4.78, 5) is 17.5. The van der Waals surface area contributed by atoms with Crippen LogP contribution in [0.1, 0.15) is 52.0 Å². The molecule has 4 aromatic rings. The van der Waals surface area contributed by atoms with Crippen LogP contribution in [0.5, 0.6) is 0 Å². The van der Waals surface area contributed by atoms with E-state index < -0.39 is 23.3 Å². The smallest absolute Gasteiger partial charge is 0.307 e. The van der Waals surface area contributed by atoms with Crippen LogP contribution in [0.15, 0.2) is 72.0 Å². The summed E-state index contributed by atoms with van der Waals surface area (Å²) in [6.07, 6.45) is 0.0883. The summed E-state index contributed by atoms with van der Waals surface area (Å²) in [6.45, 7) is 7.50. The minimum absolute atomic E-state index is 0.105. The zero-order chi connectivity index (χ0) is 24.6. The predicted octanol–water partition coefficient (Wildman–Crippen LogP) is 6.18. The first-order chi connectivity index (χ1) is 16.0. The van der Waals surface area contributed by atoms with Crippen molar-refractivity contribution in [3.63, 3.8) is 0 Å². The van der Waals surface area contributed by atoms with E-state index in [1.165, 1.54) is 4.57 Å². The third kappa shape index (κ3) is 4.83. The minimum atomic E-state index is -4.56. The first-order valence-corrected chi connectivity index (χ1v) is 11.0. The van der Waals surface area contributed by atoms with Crippen LogP contribution in [0.3, 0.4) is 0 Å². The molecular formula is C27H26F3N3O. The standard InChI is InChI=1S/C27H26F3N3O/c1-17-5-8-22(9-6-17)20(4)33-15-24(27(28,29)30)13-23(26(33)34)12-21-7-10-25(18(2)11-21)32-14-19(3)31-16-32/h5-11,13-16,20H,12H2,1-4H3/t20-/m0/s1. The molecule has 0 saturated carbocycles. The van der Waals surface area contributed by atoms with Crippen molar-refractivity contribution in [1.29, 1.82) is 0 Å². The van der Waals surface area contributed by atoms with E-state index in [0.717, 1.165) is 45.9 Å². The van der Waals surface area contributed by atoms with Gasteiger partial charge in [0.1, 0.15) is 0 Å². The van der Waals surface area contributed by atoms with Gasteiger partial charge in [-0.1, -0.05) is 42.0 Å². The van der Waals surface area contributed by atoms with Gasteiger partial charge in [-0.25, -0.2) is 4.98 Å². The Morgan fingerprint density at radius 1 is 0.971 bits per heavy atom. The molecule has 176 valence electrons. The third-order valence-corrected chi connectivity index (χ3v) is 6.07. The summed E-state index contributed by atoms with van der Waals surface area (Å²) < 4.78 is 44.3. The normalized spacial score (nSPS) is 12.7. The second-order valence-corrected chi connectivity index (χ2v) is 8.77. The maximum Gasteiger partial charge on any atom is 0.417 e. The van der Waals surface area contributed by atoms with Crippen LogP contribution in [-0.4, -0.2) is 14.1 Å². The number of hydrogen-bond donors (Lipinski definition) is 0. The molecule has 4 rings (SSSR count). The fourth-order valence-electron chi connectivity index (χ4n) is 4.13. The first-order valence-electron chi connectivity index (χ1n) is 11.0. The number of imidazole rings is 1. The summed E-state index contributed by atoms with van der Waals surface area (Å²) in [5, 5.41) is 0. The van der Waals surface area contributed by atoms with E-state index in [4.69, 9.17) is 0 Å². The number of rotatable bonds is 5. The lowest BCUT2D eigenvalue weighted by atomic mass is 10.0. The molecule has 0 aliphatic heterocycles. The second kappa shape index (κ2) is 8.97. The number of nitrogens with zero attached hydrogens (tertiary/aromatic N) is 3. The Kier molecular flexibility index (Phi) is 6.21. The van der Waals surface area contributed by atoms with Crippen molar-refractivity contribution in [2.75, 3.05) is 0 Å². The Labute approximate surface area is 196 Å². The van der Waals surface area contributed by atoms with E-state index in [-0.39, 0.29) is 12.0 Å². The number of aryl methyl sites for hydroxylation is 3. The molecule has 0 radical (unpaired) electrons. The van der Waals surface area contributed by atoms with E-state index >= 15 is 0 Å². The highest BCUT2D eigenvalue weighted by Crippen LogP contribution is 2.31. The highest BCUT2D eigenvalue weighted by atomic mass is 19.4. The predicted molar refractivity (Wildman–Crippen MR) is 127 cm³/mol. The topological polar surface area (TPSA) is 39.8 Å². The van der Waals surface area contributed by atoms with Crippen LogP contribution in [-0.2, 0) is 12.6 Å². The van der Waals surface area contributed by atoms with Gasteiger partial charge in [0.05, 0.1) is 23.6 Å². The Morgan fingerprint density at radius 2 is 1.68 bits per heavy atom. The molecule has 4 nitrogen and oxygen atoms in total. The fourth-order valence-corrected chi connectivity index (χ4v) is 4.13. The Balaban J connectivity index is 1.74. The molecule has 2 heterocycles. The van der Waals surface area contributed by atoms with Crippen molar-refractivity contribution in [2.45, 2.75) is 46.3 Å². The highest BCUT2D eigenvalue weighted by molar-refractivity contribution is 5.44. The number of pyridine rings is 1. The molecule has 34 heavy (non-hydrogen) atoms. The van der Waals surface area contributed by atoms with Crippen molar-refractivity contribution >= 4 is 0 Å². The molecule has 0 aliphatic carbocycles. The lowest BCUT2D eigenvalue weighted by Crippen LogP contribution is -2.29. The number of aromatic nitrogens is 3. The molecule has 0 bridgehead atoms. The molecule has 0 spiro atoms. The summed E-state index contributed by atoms with van der Waals surface area (Å²) >= 11 is 0. The Hall–Kier alpha value is -3.61. The van der Waals surface area contributed by atoms with Crippen LogP contribution >= 0.6 is 0 Å². The summed E-state index contributed by atoms with van der Waals surface area (Å²) in [5.74, 6) is 0. The van der Waals surface area contributed by atoms with Crippen LogP contribution in [0, 0.1) is 20.8 Å².